The number of rotatable bonds is 3. The van der Waals surface area contributed by atoms with Crippen LogP contribution in [0.2, 0.25) is 0 Å². The summed E-state index contributed by atoms with van der Waals surface area (Å²) in [4.78, 5) is 37.5. The molecule has 1 fully saturated rings. The number of allylic oxidation sites excluding steroid dienone is 3. The smallest absolute Gasteiger partial charge is 0.329 e. The monoisotopic (exact) mass is 375 g/mol. The fraction of sp³-hybridized carbons (Fsp3) is 0.333. The minimum absolute atomic E-state index is 0.118. The first kappa shape index (κ1) is 17.7. The molecule has 0 spiro atoms. The number of urea groups is 1. The first-order valence-electron chi connectivity index (χ1n) is 7.91. The minimum atomic E-state index is -0.713. The lowest BCUT2D eigenvalue weighted by Crippen LogP contribution is -2.35. The third kappa shape index (κ3) is 3.47. The Morgan fingerprint density at radius 1 is 1.42 bits per heavy atom. The molecule has 1 atom stereocenters. The van der Waals surface area contributed by atoms with E-state index < -0.39 is 11.9 Å². The molecule has 1 aromatic heterocycles. The van der Waals surface area contributed by atoms with E-state index in [4.69, 9.17) is 11.6 Å². The second-order valence-corrected chi connectivity index (χ2v) is 6.55. The maximum Gasteiger partial charge on any atom is 0.329 e. The number of likely N-dealkylation sites (tertiary alicyclic amines) is 1. The van der Waals surface area contributed by atoms with Crippen LogP contribution in [0.15, 0.2) is 34.3 Å². The number of imide groups is 1. The van der Waals surface area contributed by atoms with Crippen LogP contribution in [0.1, 0.15) is 41.2 Å². The van der Waals surface area contributed by atoms with Gasteiger partial charge < -0.3 is 11.6 Å². The van der Waals surface area contributed by atoms with Crippen molar-refractivity contribution in [2.75, 3.05) is 11.9 Å². The predicted molar refractivity (Wildman–Crippen MR) is 94.2 cm³/mol. The molecule has 0 radical (unpaired) electrons. The van der Waals surface area contributed by atoms with Gasteiger partial charge >= 0.3 is 11.9 Å². The molecule has 26 heavy (non-hydrogen) atoms. The lowest BCUT2D eigenvalue weighted by Gasteiger charge is -2.15. The fourth-order valence-electron chi connectivity index (χ4n) is 2.82. The number of hydrogen-bond acceptors (Lipinski definition) is 7. The van der Waals surface area contributed by atoms with E-state index in [2.05, 4.69) is 20.0 Å². The van der Waals surface area contributed by atoms with Gasteiger partial charge in [0, 0.05) is 24.6 Å². The van der Waals surface area contributed by atoms with E-state index in [0.29, 0.717) is 37.2 Å². The first-order valence-corrected chi connectivity index (χ1v) is 8.68. The van der Waals surface area contributed by atoms with Crippen molar-refractivity contribution in [3.63, 3.8) is 0 Å². The summed E-state index contributed by atoms with van der Waals surface area (Å²) in [6.45, 7) is 0.345. The number of amides is 4. The molecular weight excluding hydrogens is 358 g/mol. The minimum Gasteiger partial charge on any atom is -0.399 e. The van der Waals surface area contributed by atoms with Crippen LogP contribution in [0.5, 0.6) is 0 Å². The zero-order chi connectivity index (χ0) is 18.7. The number of nitrogens with one attached hydrogen (secondary N) is 1. The second kappa shape index (κ2) is 7.44. The average Bonchev–Trinajstić information content (AvgIpc) is 3.22. The summed E-state index contributed by atoms with van der Waals surface area (Å²) in [7, 11) is 0. The van der Waals surface area contributed by atoms with Crippen LogP contribution in [0, 0.1) is 0 Å². The van der Waals surface area contributed by atoms with Crippen molar-refractivity contribution in [3.05, 3.63) is 35.2 Å². The number of hydrogen-bond donors (Lipinski definition) is 3. The number of nitrogens with two attached hydrogens (primary N) is 2. The molecule has 136 valence electrons. The van der Waals surface area contributed by atoms with Crippen molar-refractivity contribution in [2.45, 2.75) is 25.2 Å². The molecule has 0 aromatic carbocycles. The van der Waals surface area contributed by atoms with Crippen molar-refractivity contribution >= 4 is 34.4 Å². The maximum atomic E-state index is 12.4. The van der Waals surface area contributed by atoms with Crippen molar-refractivity contribution in [2.24, 2.45) is 21.9 Å². The summed E-state index contributed by atoms with van der Waals surface area (Å²) in [5.41, 5.74) is 6.92. The van der Waals surface area contributed by atoms with Crippen LogP contribution in [0.3, 0.4) is 0 Å². The number of anilines is 1. The highest BCUT2D eigenvalue weighted by molar-refractivity contribution is 7.11. The molecule has 5 N–H and O–H groups in total. The van der Waals surface area contributed by atoms with Crippen LogP contribution in [-0.2, 0) is 4.79 Å². The Bertz CT molecular complexity index is 842. The molecule has 1 aliphatic heterocycles. The summed E-state index contributed by atoms with van der Waals surface area (Å²) in [5.74, 6) is 3.84. The summed E-state index contributed by atoms with van der Waals surface area (Å²) < 4.78 is 4.31. The largest absolute Gasteiger partial charge is 0.399 e. The van der Waals surface area contributed by atoms with E-state index in [1.807, 2.05) is 12.2 Å². The van der Waals surface area contributed by atoms with Gasteiger partial charge in [0.2, 0.25) is 5.91 Å². The highest BCUT2D eigenvalue weighted by Crippen LogP contribution is 2.35. The molecule has 0 bridgehead atoms. The Kier molecular flexibility index (Phi) is 5.07. The van der Waals surface area contributed by atoms with Gasteiger partial charge in [-0.25, -0.2) is 4.79 Å². The van der Waals surface area contributed by atoms with Gasteiger partial charge in [0.05, 0.1) is 5.69 Å². The Balaban J connectivity index is 1.90. The van der Waals surface area contributed by atoms with Crippen LogP contribution in [0.25, 0.3) is 0 Å². The maximum absolute atomic E-state index is 12.4. The molecule has 1 saturated heterocycles. The highest BCUT2D eigenvalue weighted by Gasteiger charge is 2.31. The first-order chi connectivity index (χ1) is 12.5. The standard InChI is InChI=1S/C15H17N7O3S/c16-9-5-3-8(4-6-9)12-11(13(24)19-21-17)14(26-20-12)18-15(25)22-7-1-2-10(22)23/h3,5-6,8H,1-2,4,7,16H2,(H,18,25)(H2,17,19,24). The van der Waals surface area contributed by atoms with Gasteiger partial charge in [-0.2, -0.15) is 4.37 Å². The van der Waals surface area contributed by atoms with Crippen LogP contribution >= 0.6 is 11.5 Å². The molecule has 1 unspecified atom stereocenters. The molecular formula is C15H17N7O3S. The van der Waals surface area contributed by atoms with E-state index >= 15 is 0 Å². The lowest BCUT2D eigenvalue weighted by atomic mass is 9.93. The van der Waals surface area contributed by atoms with Crippen LogP contribution in [-0.4, -0.2) is 33.7 Å². The molecule has 0 saturated carbocycles. The normalized spacial score (nSPS) is 19.8. The summed E-state index contributed by atoms with van der Waals surface area (Å²) >= 11 is 0.944. The summed E-state index contributed by atoms with van der Waals surface area (Å²) in [6.07, 6.45) is 6.89. The van der Waals surface area contributed by atoms with E-state index in [1.165, 1.54) is 0 Å². The van der Waals surface area contributed by atoms with E-state index in [0.717, 1.165) is 16.4 Å². The highest BCUT2D eigenvalue weighted by atomic mass is 32.1. The molecule has 4 amide bonds. The quantitative estimate of drug-likeness (QED) is 0.414. The number of carbonyl (C=O) groups excluding carboxylic acids is 3. The van der Waals surface area contributed by atoms with E-state index in [1.54, 1.807) is 6.08 Å². The summed E-state index contributed by atoms with van der Waals surface area (Å²) in [5, 5.41) is 9.17. The van der Waals surface area contributed by atoms with Gasteiger partial charge in [0.1, 0.15) is 10.6 Å². The third-order valence-corrected chi connectivity index (χ3v) is 4.88. The average molecular weight is 375 g/mol. The van der Waals surface area contributed by atoms with Crippen LogP contribution < -0.4 is 16.9 Å². The third-order valence-electron chi connectivity index (χ3n) is 4.10. The molecule has 2 heterocycles. The number of carbonyl (C=O) groups is 3. The number of nitrogens with zero attached hydrogens (tertiary/aromatic N) is 4. The molecule has 1 aliphatic carbocycles. The van der Waals surface area contributed by atoms with Gasteiger partial charge in [-0.05, 0) is 30.5 Å². The lowest BCUT2D eigenvalue weighted by molar-refractivity contribution is -0.125. The Morgan fingerprint density at radius 3 is 2.85 bits per heavy atom. The molecule has 3 rings (SSSR count). The van der Waals surface area contributed by atoms with Crippen molar-refractivity contribution in [1.82, 2.24) is 9.27 Å². The van der Waals surface area contributed by atoms with Gasteiger partial charge in [0.25, 0.3) is 0 Å². The Hall–Kier alpha value is -3.08. The zero-order valence-corrected chi connectivity index (χ0v) is 14.5. The topological polar surface area (TPSA) is 156 Å². The van der Waals surface area contributed by atoms with Gasteiger partial charge in [-0.1, -0.05) is 22.5 Å². The second-order valence-electron chi connectivity index (χ2n) is 5.78. The molecule has 11 heteroatoms. The van der Waals surface area contributed by atoms with E-state index in [-0.39, 0.29) is 22.4 Å². The zero-order valence-electron chi connectivity index (χ0n) is 13.7. The Morgan fingerprint density at radius 2 is 2.23 bits per heavy atom. The molecule has 2 aliphatic rings. The SMILES string of the molecule is NN=NC(=O)c1c(C2C=CC(N)=CC2)nsc1NC(=O)N1CCCC1=O. The fourth-order valence-corrected chi connectivity index (χ4v) is 3.65. The van der Waals surface area contributed by atoms with Gasteiger partial charge in [-0.3, -0.25) is 19.8 Å². The number of aromatic nitrogens is 1. The molecule has 10 nitrogen and oxygen atoms in total. The van der Waals surface area contributed by atoms with E-state index in [9.17, 15) is 14.4 Å². The van der Waals surface area contributed by atoms with Crippen molar-refractivity contribution in [1.29, 1.82) is 0 Å². The van der Waals surface area contributed by atoms with Gasteiger partial charge in [0.15, 0.2) is 0 Å². The molecule has 1 aromatic rings. The van der Waals surface area contributed by atoms with Crippen molar-refractivity contribution in [3.8, 4) is 0 Å². The van der Waals surface area contributed by atoms with Gasteiger partial charge in [-0.15, -0.1) is 0 Å². The van der Waals surface area contributed by atoms with Crippen LogP contribution in [0.4, 0.5) is 9.80 Å². The Labute approximate surface area is 152 Å². The van der Waals surface area contributed by atoms with Crippen molar-refractivity contribution < 1.29 is 14.4 Å². The summed E-state index contributed by atoms with van der Waals surface area (Å²) in [6, 6.07) is -0.593. The predicted octanol–water partition coefficient (Wildman–Crippen LogP) is 1.65.